The van der Waals surface area contributed by atoms with E-state index in [4.69, 9.17) is 0 Å². The van der Waals surface area contributed by atoms with Gasteiger partial charge in [-0.25, -0.2) is 8.42 Å². The zero-order valence-corrected chi connectivity index (χ0v) is 22.4. The average molecular weight is 520 g/mol. The summed E-state index contributed by atoms with van der Waals surface area (Å²) in [6, 6.07) is 23.1. The molecule has 37 heavy (non-hydrogen) atoms. The normalized spacial score (nSPS) is 19.9. The summed E-state index contributed by atoms with van der Waals surface area (Å²) in [7, 11) is -1.89. The Balaban J connectivity index is 1.18. The van der Waals surface area contributed by atoms with Crippen molar-refractivity contribution in [3.63, 3.8) is 0 Å². The van der Waals surface area contributed by atoms with Crippen molar-refractivity contribution in [2.75, 3.05) is 33.2 Å². The highest BCUT2D eigenvalue weighted by Crippen LogP contribution is 2.30. The molecule has 0 radical (unpaired) electrons. The second kappa shape index (κ2) is 11.3. The standard InChI is InChI=1S/C30H37N3O3S/c1-31(27-17-21-32(22-18-27)19-7-11-24-9-3-2-4-10-24)30(34)29-14-8-20-33(29)37(35,36)28-16-15-25-12-5-6-13-26(25)23-28/h2-6,9-10,12-13,15-16,23,27,29H,7-8,11,14,17-22H2,1H3/t29-/m0/s1. The van der Waals surface area contributed by atoms with E-state index in [1.807, 2.05) is 42.3 Å². The number of piperidine rings is 1. The fourth-order valence-electron chi connectivity index (χ4n) is 5.83. The summed E-state index contributed by atoms with van der Waals surface area (Å²) >= 11 is 0. The van der Waals surface area contributed by atoms with Gasteiger partial charge in [-0.05, 0) is 73.5 Å². The number of nitrogens with zero attached hydrogens (tertiary/aromatic N) is 3. The number of likely N-dealkylation sites (N-methyl/N-ethyl adjacent to an activating group) is 1. The maximum atomic E-state index is 13.6. The lowest BCUT2D eigenvalue weighted by Gasteiger charge is -2.38. The van der Waals surface area contributed by atoms with Crippen LogP contribution in [0.15, 0.2) is 77.7 Å². The lowest BCUT2D eigenvalue weighted by Crippen LogP contribution is -2.52. The number of hydrogen-bond acceptors (Lipinski definition) is 4. The molecule has 2 saturated heterocycles. The lowest BCUT2D eigenvalue weighted by molar-refractivity contribution is -0.136. The molecule has 2 fully saturated rings. The third-order valence-corrected chi connectivity index (χ3v) is 9.96. The lowest BCUT2D eigenvalue weighted by atomic mass is 10.0. The minimum atomic E-state index is -3.75. The number of fused-ring (bicyclic) bond motifs is 1. The molecule has 1 atom stereocenters. The van der Waals surface area contributed by atoms with Crippen molar-refractivity contribution in [1.29, 1.82) is 0 Å². The molecule has 2 aliphatic heterocycles. The van der Waals surface area contributed by atoms with Crippen LogP contribution in [-0.2, 0) is 21.2 Å². The fraction of sp³-hybridized carbons (Fsp3) is 0.433. The molecule has 2 heterocycles. The molecule has 2 aliphatic rings. The van der Waals surface area contributed by atoms with Crippen LogP contribution in [0.4, 0.5) is 0 Å². The van der Waals surface area contributed by atoms with Gasteiger partial charge in [0.25, 0.3) is 0 Å². The van der Waals surface area contributed by atoms with Gasteiger partial charge in [0, 0.05) is 32.7 Å². The van der Waals surface area contributed by atoms with E-state index in [1.54, 1.807) is 12.1 Å². The predicted octanol–water partition coefficient (Wildman–Crippen LogP) is 4.55. The maximum Gasteiger partial charge on any atom is 0.243 e. The van der Waals surface area contributed by atoms with Crippen LogP contribution in [0.25, 0.3) is 10.8 Å². The molecule has 6 nitrogen and oxygen atoms in total. The third kappa shape index (κ3) is 5.74. The zero-order valence-electron chi connectivity index (χ0n) is 21.6. The molecule has 3 aromatic rings. The van der Waals surface area contributed by atoms with Crippen LogP contribution in [0.1, 0.15) is 37.7 Å². The van der Waals surface area contributed by atoms with Crippen molar-refractivity contribution in [3.8, 4) is 0 Å². The summed E-state index contributed by atoms with van der Waals surface area (Å²) in [5.41, 5.74) is 1.38. The Kier molecular flexibility index (Phi) is 7.93. The number of benzene rings is 3. The monoisotopic (exact) mass is 519 g/mol. The number of amides is 1. The first-order valence-electron chi connectivity index (χ1n) is 13.5. The summed E-state index contributed by atoms with van der Waals surface area (Å²) in [4.78, 5) is 18.1. The van der Waals surface area contributed by atoms with Crippen LogP contribution in [0, 0.1) is 0 Å². The van der Waals surface area contributed by atoms with Crippen LogP contribution in [0.2, 0.25) is 0 Å². The minimum absolute atomic E-state index is 0.0654. The van der Waals surface area contributed by atoms with Gasteiger partial charge in [0.05, 0.1) is 4.90 Å². The number of hydrogen-bond donors (Lipinski definition) is 0. The van der Waals surface area contributed by atoms with E-state index in [0.29, 0.717) is 19.4 Å². The van der Waals surface area contributed by atoms with Gasteiger partial charge in [-0.15, -0.1) is 0 Å². The summed E-state index contributed by atoms with van der Waals surface area (Å²) in [6.45, 7) is 3.40. The van der Waals surface area contributed by atoms with Crippen molar-refractivity contribution in [3.05, 3.63) is 78.4 Å². The number of rotatable bonds is 8. The molecule has 0 spiro atoms. The summed E-state index contributed by atoms with van der Waals surface area (Å²) < 4.78 is 28.6. The molecule has 0 aliphatic carbocycles. The van der Waals surface area contributed by atoms with E-state index < -0.39 is 16.1 Å². The van der Waals surface area contributed by atoms with Crippen LogP contribution < -0.4 is 0 Å². The highest BCUT2D eigenvalue weighted by Gasteiger charge is 2.42. The Hall–Kier alpha value is -2.74. The van der Waals surface area contributed by atoms with E-state index in [2.05, 4.69) is 35.2 Å². The molecule has 3 aromatic carbocycles. The van der Waals surface area contributed by atoms with Crippen molar-refractivity contribution < 1.29 is 13.2 Å². The van der Waals surface area contributed by atoms with Crippen LogP contribution >= 0.6 is 0 Å². The smallest absolute Gasteiger partial charge is 0.243 e. The minimum Gasteiger partial charge on any atom is -0.341 e. The van der Waals surface area contributed by atoms with Crippen LogP contribution in [-0.4, -0.2) is 73.7 Å². The topological polar surface area (TPSA) is 60.9 Å². The third-order valence-electron chi connectivity index (χ3n) is 8.05. The molecular weight excluding hydrogens is 482 g/mol. The molecule has 1 amide bonds. The number of carbonyl (C=O) groups is 1. The quantitative estimate of drug-likeness (QED) is 0.438. The highest BCUT2D eigenvalue weighted by molar-refractivity contribution is 7.89. The van der Waals surface area contributed by atoms with E-state index in [-0.39, 0.29) is 16.8 Å². The van der Waals surface area contributed by atoms with Crippen molar-refractivity contribution >= 4 is 26.7 Å². The van der Waals surface area contributed by atoms with Gasteiger partial charge in [0.2, 0.25) is 15.9 Å². The molecule has 5 rings (SSSR count). The Morgan fingerprint density at radius 2 is 1.59 bits per heavy atom. The van der Waals surface area contributed by atoms with Gasteiger partial charge in [0.1, 0.15) is 6.04 Å². The van der Waals surface area contributed by atoms with E-state index >= 15 is 0 Å². The van der Waals surface area contributed by atoms with Crippen LogP contribution in [0.5, 0.6) is 0 Å². The van der Waals surface area contributed by atoms with Gasteiger partial charge in [-0.2, -0.15) is 4.31 Å². The first kappa shape index (κ1) is 25.9. The zero-order chi connectivity index (χ0) is 25.8. The molecule has 0 aromatic heterocycles. The number of likely N-dealkylation sites (tertiary alicyclic amines) is 1. The predicted molar refractivity (Wildman–Crippen MR) is 148 cm³/mol. The molecule has 0 saturated carbocycles. The van der Waals surface area contributed by atoms with Crippen molar-refractivity contribution in [2.45, 2.75) is 55.5 Å². The summed E-state index contributed by atoms with van der Waals surface area (Å²) in [6.07, 6.45) is 5.36. The fourth-order valence-corrected chi connectivity index (χ4v) is 7.52. The maximum absolute atomic E-state index is 13.6. The van der Waals surface area contributed by atoms with Crippen molar-refractivity contribution in [2.24, 2.45) is 0 Å². The number of sulfonamides is 1. The Morgan fingerprint density at radius 1 is 0.892 bits per heavy atom. The van der Waals surface area contributed by atoms with E-state index in [0.717, 1.165) is 56.1 Å². The number of aryl methyl sites for hydroxylation is 1. The molecule has 196 valence electrons. The molecular formula is C30H37N3O3S. The van der Waals surface area contributed by atoms with E-state index in [1.165, 1.54) is 9.87 Å². The van der Waals surface area contributed by atoms with Gasteiger partial charge in [-0.1, -0.05) is 60.7 Å². The highest BCUT2D eigenvalue weighted by atomic mass is 32.2. The van der Waals surface area contributed by atoms with Crippen LogP contribution in [0.3, 0.4) is 0 Å². The second-order valence-corrected chi connectivity index (χ2v) is 12.3. The molecule has 0 N–H and O–H groups in total. The average Bonchev–Trinajstić information content (AvgIpc) is 3.44. The SMILES string of the molecule is CN(C(=O)[C@@H]1CCCN1S(=O)(=O)c1ccc2ccccc2c1)C1CCN(CCCc2ccccc2)CC1. The Bertz CT molecular complexity index is 1320. The molecule has 7 heteroatoms. The first-order chi connectivity index (χ1) is 17.9. The number of carbonyl (C=O) groups excluding carboxylic acids is 1. The first-order valence-corrected chi connectivity index (χ1v) is 14.9. The van der Waals surface area contributed by atoms with Gasteiger partial charge < -0.3 is 9.80 Å². The molecule has 0 bridgehead atoms. The summed E-state index contributed by atoms with van der Waals surface area (Å²) in [5.74, 6) is -0.0654. The van der Waals surface area contributed by atoms with Gasteiger partial charge in [-0.3, -0.25) is 4.79 Å². The van der Waals surface area contributed by atoms with E-state index in [9.17, 15) is 13.2 Å². The Labute approximate surface area is 220 Å². The largest absolute Gasteiger partial charge is 0.341 e. The van der Waals surface area contributed by atoms with Gasteiger partial charge in [0.15, 0.2) is 0 Å². The van der Waals surface area contributed by atoms with Crippen molar-refractivity contribution in [1.82, 2.24) is 14.1 Å². The second-order valence-electron chi connectivity index (χ2n) is 10.4. The Morgan fingerprint density at radius 3 is 2.35 bits per heavy atom. The summed E-state index contributed by atoms with van der Waals surface area (Å²) in [5, 5.41) is 1.89. The van der Waals surface area contributed by atoms with Gasteiger partial charge >= 0.3 is 0 Å². The molecule has 0 unspecified atom stereocenters.